The molecule has 2 fully saturated rings. The maximum atomic E-state index is 13.4. The Morgan fingerprint density at radius 1 is 0.811 bits per heavy atom. The van der Waals surface area contributed by atoms with Crippen molar-refractivity contribution in [2.75, 3.05) is 13.2 Å². The monoisotopic (exact) mass is 566 g/mol. The number of rotatable bonds is 10. The van der Waals surface area contributed by atoms with Crippen molar-refractivity contribution >= 4 is 20.3 Å². The summed E-state index contributed by atoms with van der Waals surface area (Å²) in [7, 11) is -2.41. The minimum atomic E-state index is -4.45. The summed E-state index contributed by atoms with van der Waals surface area (Å²) in [4.78, 5) is 22.6. The average Bonchev–Trinajstić information content (AvgIpc) is 3.59. The predicted octanol–water partition coefficient (Wildman–Crippen LogP) is 6.32. The van der Waals surface area contributed by atoms with Crippen LogP contribution in [0, 0.1) is 10.8 Å². The van der Waals surface area contributed by atoms with E-state index in [1.165, 1.54) is 0 Å². The molecule has 6 nitrogen and oxygen atoms in total. The number of aliphatic hydroxyl groups excluding tert-OH is 1. The van der Waals surface area contributed by atoms with Crippen molar-refractivity contribution in [1.82, 2.24) is 0 Å². The van der Waals surface area contributed by atoms with Gasteiger partial charge in [0.2, 0.25) is 0 Å². The van der Waals surface area contributed by atoms with Gasteiger partial charge < -0.3 is 19.0 Å². The van der Waals surface area contributed by atoms with E-state index in [1.807, 2.05) is 33.9 Å². The highest BCUT2D eigenvalue weighted by atomic mass is 28.4. The Hall–Kier alpha value is -1.34. The van der Waals surface area contributed by atoms with Gasteiger partial charge in [0.05, 0.1) is 49.1 Å². The molecule has 2 atom stereocenters. The molecule has 0 amide bonds. The summed E-state index contributed by atoms with van der Waals surface area (Å²) in [5, 5.41) is 9.13. The highest BCUT2D eigenvalue weighted by molar-refractivity contribution is 6.74. The van der Waals surface area contributed by atoms with E-state index in [4.69, 9.17) is 9.16 Å². The lowest BCUT2D eigenvalue weighted by atomic mass is 9.96. The molecule has 0 saturated heterocycles. The van der Waals surface area contributed by atoms with Crippen LogP contribution in [0.3, 0.4) is 0 Å². The van der Waals surface area contributed by atoms with Crippen LogP contribution in [-0.4, -0.2) is 63.1 Å². The first-order valence-electron chi connectivity index (χ1n) is 12.4. The van der Waals surface area contributed by atoms with E-state index in [9.17, 15) is 41.0 Å². The number of esters is 2. The molecular weight excluding hydrogens is 526 g/mol. The van der Waals surface area contributed by atoms with Gasteiger partial charge in [0.1, 0.15) is 0 Å². The van der Waals surface area contributed by atoms with Crippen LogP contribution in [0.4, 0.5) is 26.3 Å². The van der Waals surface area contributed by atoms with Gasteiger partial charge in [0.15, 0.2) is 8.32 Å². The smallest absolute Gasteiger partial charge is 0.396 e. The number of aliphatic hydroxyl groups is 1. The summed E-state index contributed by atoms with van der Waals surface area (Å²) in [5.41, 5.74) is -3.95. The summed E-state index contributed by atoms with van der Waals surface area (Å²) in [6.45, 7) is 13.2. The fourth-order valence-corrected chi connectivity index (χ4v) is 5.06. The standard InChI is InChI=1S/C15H27F3O3Si.C9H13F3O3/c1-7-20-12(19)10-11(14(8-9-14)15(16,17)18)21-22(5,6)13(2,3)4;1-2-15-7(14)5-6(13)8(3-4-8)9(10,11)12/h11H,7-10H2,1-6H3;6,13H,2-5H2,1H3. The van der Waals surface area contributed by atoms with Crippen LogP contribution >= 0.6 is 0 Å². The zero-order chi connectivity index (χ0) is 29.1. The van der Waals surface area contributed by atoms with Crippen LogP contribution in [0.15, 0.2) is 0 Å². The molecule has 37 heavy (non-hydrogen) atoms. The molecule has 2 saturated carbocycles. The van der Waals surface area contributed by atoms with Crippen molar-refractivity contribution < 1.29 is 54.9 Å². The lowest BCUT2D eigenvalue weighted by molar-refractivity contribution is -0.216. The molecule has 2 rings (SSSR count). The van der Waals surface area contributed by atoms with Crippen molar-refractivity contribution in [3.63, 3.8) is 0 Å². The summed E-state index contributed by atoms with van der Waals surface area (Å²) in [6.07, 6.45) is -12.7. The van der Waals surface area contributed by atoms with E-state index in [2.05, 4.69) is 4.74 Å². The Kier molecular flexibility index (Phi) is 10.8. The lowest BCUT2D eigenvalue weighted by Crippen LogP contribution is -2.50. The summed E-state index contributed by atoms with van der Waals surface area (Å²) >= 11 is 0. The number of hydrogen-bond donors (Lipinski definition) is 1. The van der Waals surface area contributed by atoms with E-state index in [0.29, 0.717) is 0 Å². The van der Waals surface area contributed by atoms with Crippen molar-refractivity contribution in [2.45, 2.75) is 116 Å². The number of alkyl halides is 6. The fraction of sp³-hybridized carbons (Fsp3) is 0.917. The molecule has 0 heterocycles. The molecule has 2 unspecified atom stereocenters. The van der Waals surface area contributed by atoms with Crippen LogP contribution in [0.2, 0.25) is 18.1 Å². The highest BCUT2D eigenvalue weighted by Crippen LogP contribution is 2.62. The third-order valence-corrected chi connectivity index (χ3v) is 12.0. The van der Waals surface area contributed by atoms with Gasteiger partial charge in [-0.15, -0.1) is 0 Å². The van der Waals surface area contributed by atoms with Crippen molar-refractivity contribution in [1.29, 1.82) is 0 Å². The van der Waals surface area contributed by atoms with Crippen molar-refractivity contribution in [3.05, 3.63) is 0 Å². The second kappa shape index (κ2) is 11.8. The van der Waals surface area contributed by atoms with Crippen LogP contribution in [0.25, 0.3) is 0 Å². The Balaban J connectivity index is 0.000000397. The minimum Gasteiger partial charge on any atom is -0.466 e. The molecule has 2 aliphatic rings. The van der Waals surface area contributed by atoms with Gasteiger partial charge in [-0.2, -0.15) is 26.3 Å². The van der Waals surface area contributed by atoms with Crippen LogP contribution in [-0.2, 0) is 23.5 Å². The fourth-order valence-electron chi connectivity index (χ4n) is 3.69. The Labute approximate surface area is 215 Å². The van der Waals surface area contributed by atoms with E-state index < -0.39 is 62.1 Å². The molecule has 0 radical (unpaired) electrons. The van der Waals surface area contributed by atoms with Gasteiger partial charge in [-0.25, -0.2) is 0 Å². The number of halogens is 6. The molecule has 0 aromatic heterocycles. The van der Waals surface area contributed by atoms with E-state index in [0.717, 1.165) is 0 Å². The first kappa shape index (κ1) is 33.7. The lowest BCUT2D eigenvalue weighted by Gasteiger charge is -2.41. The molecule has 1 N–H and O–H groups in total. The molecular formula is C24H40F6O6Si. The number of carbonyl (C=O) groups excluding carboxylic acids is 2. The maximum absolute atomic E-state index is 13.4. The average molecular weight is 567 g/mol. The largest absolute Gasteiger partial charge is 0.466 e. The maximum Gasteiger partial charge on any atom is 0.396 e. The first-order valence-corrected chi connectivity index (χ1v) is 15.3. The van der Waals surface area contributed by atoms with Crippen LogP contribution in [0.1, 0.15) is 73.1 Å². The third kappa shape index (κ3) is 8.32. The minimum absolute atomic E-state index is 0.0230. The summed E-state index contributed by atoms with van der Waals surface area (Å²) < 4.78 is 93.0. The molecule has 0 aromatic carbocycles. The summed E-state index contributed by atoms with van der Waals surface area (Å²) in [5.74, 6) is -1.41. The SMILES string of the molecule is CCOC(=O)CC(O)C1(C(F)(F)F)CC1.CCOC(=O)CC(O[Si](C)(C)C(C)(C)C)C1(C(F)(F)F)CC1. The highest BCUT2D eigenvalue weighted by Gasteiger charge is 2.69. The Bertz CT molecular complexity index is 782. The Morgan fingerprint density at radius 2 is 1.19 bits per heavy atom. The normalized spacial score (nSPS) is 20.2. The molecule has 0 bridgehead atoms. The van der Waals surface area contributed by atoms with E-state index in [-0.39, 0.29) is 50.4 Å². The van der Waals surface area contributed by atoms with Gasteiger partial charge in [-0.3, -0.25) is 9.59 Å². The van der Waals surface area contributed by atoms with E-state index in [1.54, 1.807) is 13.8 Å². The molecule has 0 spiro atoms. The van der Waals surface area contributed by atoms with Gasteiger partial charge in [-0.1, -0.05) is 20.8 Å². The number of carbonyl (C=O) groups is 2. The van der Waals surface area contributed by atoms with Gasteiger partial charge in [0.25, 0.3) is 0 Å². The van der Waals surface area contributed by atoms with Gasteiger partial charge in [0, 0.05) is 0 Å². The summed E-state index contributed by atoms with van der Waals surface area (Å²) in [6, 6.07) is 0. The van der Waals surface area contributed by atoms with Crippen molar-refractivity contribution in [3.8, 4) is 0 Å². The van der Waals surface area contributed by atoms with Crippen LogP contribution < -0.4 is 0 Å². The second-order valence-corrected chi connectivity index (χ2v) is 16.0. The molecule has 2 aliphatic carbocycles. The van der Waals surface area contributed by atoms with Gasteiger partial charge >= 0.3 is 24.3 Å². The molecule has 0 aliphatic heterocycles. The zero-order valence-electron chi connectivity index (χ0n) is 22.6. The molecule has 0 aromatic rings. The quantitative estimate of drug-likeness (QED) is 0.190. The molecule has 13 heteroatoms. The van der Waals surface area contributed by atoms with Crippen molar-refractivity contribution in [2.24, 2.45) is 10.8 Å². The zero-order valence-corrected chi connectivity index (χ0v) is 23.6. The Morgan fingerprint density at radius 3 is 1.49 bits per heavy atom. The van der Waals surface area contributed by atoms with Gasteiger partial charge in [-0.05, 0) is 57.7 Å². The molecule has 218 valence electrons. The van der Waals surface area contributed by atoms with Crippen LogP contribution in [0.5, 0.6) is 0 Å². The number of ether oxygens (including phenoxy) is 2. The predicted molar refractivity (Wildman–Crippen MR) is 126 cm³/mol. The first-order chi connectivity index (χ1) is 16.6. The number of hydrogen-bond acceptors (Lipinski definition) is 6. The topological polar surface area (TPSA) is 82.1 Å². The third-order valence-electron chi connectivity index (χ3n) is 7.53. The second-order valence-electron chi connectivity index (χ2n) is 11.2. The van der Waals surface area contributed by atoms with E-state index >= 15 is 0 Å².